The van der Waals surface area contributed by atoms with Crippen LogP contribution in [-0.2, 0) is 6.54 Å². The molecule has 0 spiro atoms. The van der Waals surface area contributed by atoms with Crippen molar-refractivity contribution in [3.63, 3.8) is 0 Å². The van der Waals surface area contributed by atoms with Gasteiger partial charge in [0.25, 0.3) is 0 Å². The van der Waals surface area contributed by atoms with Crippen molar-refractivity contribution in [1.82, 2.24) is 14.9 Å². The van der Waals surface area contributed by atoms with E-state index in [4.69, 9.17) is 0 Å². The molecule has 0 aliphatic rings. The Morgan fingerprint density at radius 3 is 2.84 bits per heavy atom. The predicted octanol–water partition coefficient (Wildman–Crippen LogP) is 1.32. The molecule has 1 N–H and O–H groups in total. The van der Waals surface area contributed by atoms with Crippen molar-refractivity contribution in [2.75, 3.05) is 13.1 Å². The van der Waals surface area contributed by atoms with Gasteiger partial charge in [-0.2, -0.15) is 4.98 Å². The molecular formula is C12H20N4O3. The first-order valence-corrected chi connectivity index (χ1v) is 6.56. The number of unbranched alkanes of at least 4 members (excludes halogenated alkanes) is 3. The van der Waals surface area contributed by atoms with E-state index in [1.54, 1.807) is 0 Å². The highest BCUT2D eigenvalue weighted by atomic mass is 16.6. The molecule has 0 aliphatic heterocycles. The van der Waals surface area contributed by atoms with Crippen LogP contribution >= 0.6 is 0 Å². The first kappa shape index (κ1) is 15.3. The molecule has 0 radical (unpaired) electrons. The standard InChI is InChI=1S/C12H20N4O3/c1-2-3-4-5-6-13-7-8-15-10-11(16(18)19)9-14-12(15)17/h9-10,13H,2-8H2,1H3. The molecule has 1 heterocycles. The number of rotatable bonds is 9. The van der Waals surface area contributed by atoms with E-state index < -0.39 is 10.6 Å². The molecule has 0 saturated carbocycles. The zero-order chi connectivity index (χ0) is 14.1. The Morgan fingerprint density at radius 2 is 2.16 bits per heavy atom. The predicted molar refractivity (Wildman–Crippen MR) is 72.2 cm³/mol. The van der Waals surface area contributed by atoms with E-state index in [-0.39, 0.29) is 5.69 Å². The number of nitro groups is 1. The zero-order valence-corrected chi connectivity index (χ0v) is 11.2. The van der Waals surface area contributed by atoms with E-state index in [0.717, 1.165) is 19.2 Å². The summed E-state index contributed by atoms with van der Waals surface area (Å²) in [5, 5.41) is 13.8. The van der Waals surface area contributed by atoms with Gasteiger partial charge in [-0.05, 0) is 13.0 Å². The molecule has 0 bridgehead atoms. The summed E-state index contributed by atoms with van der Waals surface area (Å²) >= 11 is 0. The molecule has 7 nitrogen and oxygen atoms in total. The minimum absolute atomic E-state index is 0.164. The van der Waals surface area contributed by atoms with Crippen molar-refractivity contribution in [3.05, 3.63) is 33.0 Å². The summed E-state index contributed by atoms with van der Waals surface area (Å²) in [6, 6.07) is 0. The van der Waals surface area contributed by atoms with Crippen LogP contribution in [0.1, 0.15) is 32.6 Å². The lowest BCUT2D eigenvalue weighted by molar-refractivity contribution is -0.385. The van der Waals surface area contributed by atoms with E-state index in [0.29, 0.717) is 13.1 Å². The minimum Gasteiger partial charge on any atom is -0.315 e. The van der Waals surface area contributed by atoms with Gasteiger partial charge >= 0.3 is 11.4 Å². The van der Waals surface area contributed by atoms with E-state index in [1.165, 1.54) is 30.0 Å². The van der Waals surface area contributed by atoms with E-state index >= 15 is 0 Å². The van der Waals surface area contributed by atoms with Gasteiger partial charge in [-0.3, -0.25) is 14.7 Å². The Balaban J connectivity index is 2.34. The van der Waals surface area contributed by atoms with Gasteiger partial charge in [0.1, 0.15) is 6.20 Å². The van der Waals surface area contributed by atoms with Crippen LogP contribution in [-0.4, -0.2) is 27.6 Å². The lowest BCUT2D eigenvalue weighted by Gasteiger charge is -2.06. The fourth-order valence-electron chi connectivity index (χ4n) is 1.70. The fraction of sp³-hybridized carbons (Fsp3) is 0.667. The summed E-state index contributed by atoms with van der Waals surface area (Å²) < 4.78 is 1.26. The summed E-state index contributed by atoms with van der Waals surface area (Å²) in [5.41, 5.74) is -0.624. The number of hydrogen-bond acceptors (Lipinski definition) is 5. The van der Waals surface area contributed by atoms with Crippen LogP contribution in [0.25, 0.3) is 0 Å². The molecule has 0 saturated heterocycles. The first-order valence-electron chi connectivity index (χ1n) is 6.56. The number of aromatic nitrogens is 2. The lowest BCUT2D eigenvalue weighted by atomic mass is 10.2. The summed E-state index contributed by atoms with van der Waals surface area (Å²) in [6.45, 7) is 4.06. The maximum atomic E-state index is 11.4. The number of nitrogens with zero attached hydrogens (tertiary/aromatic N) is 3. The summed E-state index contributed by atoms with van der Waals surface area (Å²) in [5.74, 6) is 0. The van der Waals surface area contributed by atoms with Crippen molar-refractivity contribution in [2.45, 2.75) is 39.2 Å². The van der Waals surface area contributed by atoms with Gasteiger partial charge < -0.3 is 5.32 Å². The Hall–Kier alpha value is -1.76. The average Bonchev–Trinajstić information content (AvgIpc) is 2.39. The maximum Gasteiger partial charge on any atom is 0.348 e. The molecule has 1 aromatic rings. The van der Waals surface area contributed by atoms with Gasteiger partial charge in [-0.1, -0.05) is 26.2 Å². The SMILES string of the molecule is CCCCCCNCCn1cc([N+](=O)[O-])cnc1=O. The first-order chi connectivity index (χ1) is 9.15. The normalized spacial score (nSPS) is 10.6. The van der Waals surface area contributed by atoms with Crippen LogP contribution in [0.4, 0.5) is 5.69 Å². The highest BCUT2D eigenvalue weighted by Crippen LogP contribution is 2.04. The number of hydrogen-bond donors (Lipinski definition) is 1. The molecule has 1 rings (SSSR count). The van der Waals surface area contributed by atoms with Gasteiger partial charge in [0, 0.05) is 13.1 Å². The van der Waals surface area contributed by atoms with Crippen LogP contribution in [0.15, 0.2) is 17.2 Å². The molecule has 7 heteroatoms. The third-order valence-electron chi connectivity index (χ3n) is 2.79. The topological polar surface area (TPSA) is 90.1 Å². The van der Waals surface area contributed by atoms with Crippen LogP contribution in [0, 0.1) is 10.1 Å². The highest BCUT2D eigenvalue weighted by molar-refractivity contribution is 5.20. The summed E-state index contributed by atoms with van der Waals surface area (Å²) in [7, 11) is 0. The van der Waals surface area contributed by atoms with Crippen LogP contribution in [0.5, 0.6) is 0 Å². The molecule has 0 fully saturated rings. The van der Waals surface area contributed by atoms with Gasteiger partial charge in [-0.15, -0.1) is 0 Å². The van der Waals surface area contributed by atoms with Crippen LogP contribution in [0.3, 0.4) is 0 Å². The molecule has 106 valence electrons. The van der Waals surface area contributed by atoms with Gasteiger partial charge in [-0.25, -0.2) is 4.79 Å². The number of nitrogens with one attached hydrogen (secondary N) is 1. The third kappa shape index (κ3) is 5.60. The van der Waals surface area contributed by atoms with E-state index in [9.17, 15) is 14.9 Å². The Morgan fingerprint density at radius 1 is 1.37 bits per heavy atom. The summed E-state index contributed by atoms with van der Waals surface area (Å²) in [6.07, 6.45) is 6.95. The average molecular weight is 268 g/mol. The molecule has 0 aliphatic carbocycles. The molecule has 19 heavy (non-hydrogen) atoms. The maximum absolute atomic E-state index is 11.4. The van der Waals surface area contributed by atoms with Crippen molar-refractivity contribution in [1.29, 1.82) is 0 Å². The Labute approximate surface area is 111 Å². The van der Waals surface area contributed by atoms with Crippen LogP contribution < -0.4 is 11.0 Å². The van der Waals surface area contributed by atoms with Gasteiger partial charge in [0.15, 0.2) is 0 Å². The molecular weight excluding hydrogens is 248 g/mol. The second kappa shape index (κ2) is 8.36. The third-order valence-corrected chi connectivity index (χ3v) is 2.79. The smallest absolute Gasteiger partial charge is 0.315 e. The Bertz CT molecular complexity index is 459. The highest BCUT2D eigenvalue weighted by Gasteiger charge is 2.08. The van der Waals surface area contributed by atoms with Crippen molar-refractivity contribution in [3.8, 4) is 0 Å². The quantitative estimate of drug-likeness (QED) is 0.414. The van der Waals surface area contributed by atoms with E-state index in [2.05, 4.69) is 17.2 Å². The summed E-state index contributed by atoms with van der Waals surface area (Å²) in [4.78, 5) is 24.9. The fourth-order valence-corrected chi connectivity index (χ4v) is 1.70. The molecule has 0 amide bonds. The molecule has 0 aromatic carbocycles. The lowest BCUT2D eigenvalue weighted by Crippen LogP contribution is -2.28. The van der Waals surface area contributed by atoms with Gasteiger partial charge in [0.05, 0.1) is 11.1 Å². The van der Waals surface area contributed by atoms with Crippen molar-refractivity contribution >= 4 is 5.69 Å². The monoisotopic (exact) mass is 268 g/mol. The van der Waals surface area contributed by atoms with E-state index in [1.807, 2.05) is 0 Å². The Kier molecular flexibility index (Phi) is 6.73. The second-order valence-electron chi connectivity index (χ2n) is 4.36. The molecule has 0 atom stereocenters. The van der Waals surface area contributed by atoms with Crippen molar-refractivity contribution in [2.24, 2.45) is 0 Å². The zero-order valence-electron chi connectivity index (χ0n) is 11.2. The van der Waals surface area contributed by atoms with Crippen LogP contribution in [0.2, 0.25) is 0 Å². The van der Waals surface area contributed by atoms with Gasteiger partial charge in [0.2, 0.25) is 0 Å². The molecule has 0 unspecified atom stereocenters. The van der Waals surface area contributed by atoms with Crippen molar-refractivity contribution < 1.29 is 4.92 Å². The largest absolute Gasteiger partial charge is 0.348 e. The molecule has 1 aromatic heterocycles. The second-order valence-corrected chi connectivity index (χ2v) is 4.36. The minimum atomic E-state index is -0.554.